The van der Waals surface area contributed by atoms with E-state index in [1.807, 2.05) is 36.4 Å². The first-order valence-corrected chi connectivity index (χ1v) is 15.9. The lowest BCUT2D eigenvalue weighted by Gasteiger charge is -2.24. The number of nitrogens with one attached hydrogen (secondary N) is 1. The van der Waals surface area contributed by atoms with Gasteiger partial charge in [0, 0.05) is 21.9 Å². The van der Waals surface area contributed by atoms with Crippen molar-refractivity contribution in [2.24, 2.45) is 9.98 Å². The molecule has 47 heavy (non-hydrogen) atoms. The average molecular weight is 604 g/mol. The first kappa shape index (κ1) is 27.1. The third-order valence-corrected chi connectivity index (χ3v) is 8.93. The Labute approximate surface area is 272 Å². The number of para-hydroxylation sites is 1. The zero-order valence-corrected chi connectivity index (χ0v) is 25.5. The van der Waals surface area contributed by atoms with E-state index in [0.717, 1.165) is 55.6 Å². The average Bonchev–Trinajstić information content (AvgIpc) is 3.54. The first-order chi connectivity index (χ1) is 23.3. The molecular weight excluding hydrogens is 574 g/mol. The summed E-state index contributed by atoms with van der Waals surface area (Å²) in [7, 11) is 0. The van der Waals surface area contributed by atoms with E-state index in [2.05, 4.69) is 133 Å². The molecule has 4 heteroatoms. The van der Waals surface area contributed by atoms with Gasteiger partial charge in [0.25, 0.3) is 0 Å². The van der Waals surface area contributed by atoms with Crippen LogP contribution in [-0.2, 0) is 0 Å². The summed E-state index contributed by atoms with van der Waals surface area (Å²) < 4.78 is 6.19. The molecule has 1 N–H and O–H groups in total. The Morgan fingerprint density at radius 1 is 0.489 bits per heavy atom. The molecule has 4 nitrogen and oxygen atoms in total. The highest BCUT2D eigenvalue weighted by Crippen LogP contribution is 2.37. The number of amidine groups is 2. The van der Waals surface area contributed by atoms with Crippen molar-refractivity contribution in [3.05, 3.63) is 180 Å². The van der Waals surface area contributed by atoms with Crippen LogP contribution in [0, 0.1) is 0 Å². The quantitative estimate of drug-likeness (QED) is 0.213. The molecule has 0 amide bonds. The monoisotopic (exact) mass is 603 g/mol. The molecule has 1 unspecified atom stereocenters. The maximum Gasteiger partial charge on any atom is 0.159 e. The molecule has 0 saturated heterocycles. The molecule has 0 radical (unpaired) electrons. The fourth-order valence-electron chi connectivity index (χ4n) is 6.56. The van der Waals surface area contributed by atoms with Crippen molar-refractivity contribution in [2.75, 3.05) is 0 Å². The van der Waals surface area contributed by atoms with Crippen molar-refractivity contribution < 1.29 is 4.42 Å². The lowest BCUT2D eigenvalue weighted by atomic mass is 9.97. The molecule has 0 bridgehead atoms. The van der Waals surface area contributed by atoms with Gasteiger partial charge < -0.3 is 9.73 Å². The standard InChI is InChI=1S/C43H29N3O/c1-2-11-30(12-3-1)41-44-42(31-23-20-29(21-24-31)33-25-22-28-10-4-5-13-32(28)26-33)46-43(45-41)35-15-8-14-34(27-35)36-17-9-19-39-40(36)37-16-6-7-18-38(37)47-39/h1-27,42H,(H,44,45,46). The first-order valence-electron chi connectivity index (χ1n) is 15.9. The molecule has 7 aromatic carbocycles. The number of aliphatic imine (C=N–C) groups is 2. The van der Waals surface area contributed by atoms with Crippen LogP contribution in [0.4, 0.5) is 0 Å². The molecule has 0 spiro atoms. The number of furan rings is 1. The fourth-order valence-corrected chi connectivity index (χ4v) is 6.56. The van der Waals surface area contributed by atoms with E-state index in [1.54, 1.807) is 0 Å². The van der Waals surface area contributed by atoms with Gasteiger partial charge in [-0.05, 0) is 62.9 Å². The Kier molecular flexibility index (Phi) is 6.50. The van der Waals surface area contributed by atoms with E-state index in [-0.39, 0.29) is 6.17 Å². The molecule has 9 rings (SSSR count). The van der Waals surface area contributed by atoms with Crippen LogP contribution in [0.1, 0.15) is 22.9 Å². The van der Waals surface area contributed by atoms with Crippen molar-refractivity contribution in [3.63, 3.8) is 0 Å². The Hall–Kier alpha value is -6.26. The van der Waals surface area contributed by atoms with Crippen LogP contribution in [0.15, 0.2) is 178 Å². The topological polar surface area (TPSA) is 49.9 Å². The van der Waals surface area contributed by atoms with Crippen LogP contribution < -0.4 is 5.32 Å². The molecule has 8 aromatic rings. The molecule has 0 saturated carbocycles. The zero-order chi connectivity index (χ0) is 31.2. The van der Waals surface area contributed by atoms with Gasteiger partial charge in [0.2, 0.25) is 0 Å². The SMILES string of the molecule is c1ccc(C2=NC(c3ccc(-c4ccc5ccccc5c4)cc3)NC(c3cccc(-c4cccc5oc6ccccc6c45)c3)=N2)cc1. The lowest BCUT2D eigenvalue weighted by Crippen LogP contribution is -2.33. The Morgan fingerprint density at radius 2 is 1.19 bits per heavy atom. The largest absolute Gasteiger partial charge is 0.456 e. The number of hydrogen-bond acceptors (Lipinski definition) is 4. The maximum atomic E-state index is 6.19. The highest BCUT2D eigenvalue weighted by atomic mass is 16.3. The number of benzene rings is 7. The van der Waals surface area contributed by atoms with Crippen LogP contribution >= 0.6 is 0 Å². The van der Waals surface area contributed by atoms with Gasteiger partial charge in [-0.1, -0.05) is 140 Å². The minimum Gasteiger partial charge on any atom is -0.456 e. The normalized spacial score (nSPS) is 14.6. The molecule has 2 heterocycles. The predicted octanol–water partition coefficient (Wildman–Crippen LogP) is 10.6. The minimum absolute atomic E-state index is 0.298. The summed E-state index contributed by atoms with van der Waals surface area (Å²) in [6, 6.07) is 57.0. The molecule has 222 valence electrons. The van der Waals surface area contributed by atoms with Gasteiger partial charge in [-0.2, -0.15) is 0 Å². The van der Waals surface area contributed by atoms with Gasteiger partial charge >= 0.3 is 0 Å². The number of nitrogens with zero attached hydrogens (tertiary/aromatic N) is 2. The van der Waals surface area contributed by atoms with Gasteiger partial charge in [0.15, 0.2) is 5.84 Å². The molecule has 1 aliphatic rings. The van der Waals surface area contributed by atoms with Crippen LogP contribution in [0.5, 0.6) is 0 Å². The van der Waals surface area contributed by atoms with Gasteiger partial charge in [-0.3, -0.25) is 0 Å². The molecule has 1 atom stereocenters. The van der Waals surface area contributed by atoms with Crippen LogP contribution in [0.25, 0.3) is 55.0 Å². The molecule has 0 fully saturated rings. The third kappa shape index (κ3) is 4.97. The number of hydrogen-bond donors (Lipinski definition) is 1. The minimum atomic E-state index is -0.298. The maximum absolute atomic E-state index is 6.19. The smallest absolute Gasteiger partial charge is 0.159 e. The van der Waals surface area contributed by atoms with Gasteiger partial charge in [-0.15, -0.1) is 0 Å². The summed E-state index contributed by atoms with van der Waals surface area (Å²) in [5, 5.41) is 8.37. The van der Waals surface area contributed by atoms with Crippen molar-refractivity contribution in [3.8, 4) is 22.3 Å². The van der Waals surface area contributed by atoms with Crippen molar-refractivity contribution in [1.82, 2.24) is 5.32 Å². The third-order valence-electron chi connectivity index (χ3n) is 8.93. The second-order valence-electron chi connectivity index (χ2n) is 11.9. The van der Waals surface area contributed by atoms with E-state index in [1.165, 1.54) is 21.9 Å². The summed E-state index contributed by atoms with van der Waals surface area (Å²) in [6.45, 7) is 0. The zero-order valence-electron chi connectivity index (χ0n) is 25.5. The fraction of sp³-hybridized carbons (Fsp3) is 0.0233. The van der Waals surface area contributed by atoms with Gasteiger partial charge in [0.05, 0.1) is 0 Å². The van der Waals surface area contributed by atoms with Crippen molar-refractivity contribution in [1.29, 1.82) is 0 Å². The Morgan fingerprint density at radius 3 is 2.09 bits per heavy atom. The van der Waals surface area contributed by atoms with Crippen molar-refractivity contribution in [2.45, 2.75) is 6.17 Å². The van der Waals surface area contributed by atoms with Crippen LogP contribution in [0.3, 0.4) is 0 Å². The molecular formula is C43H29N3O. The summed E-state index contributed by atoms with van der Waals surface area (Å²) in [4.78, 5) is 10.2. The highest BCUT2D eigenvalue weighted by Gasteiger charge is 2.22. The molecule has 1 aliphatic heterocycles. The second-order valence-corrected chi connectivity index (χ2v) is 11.9. The van der Waals surface area contributed by atoms with E-state index >= 15 is 0 Å². The van der Waals surface area contributed by atoms with Crippen LogP contribution in [-0.4, -0.2) is 11.7 Å². The molecule has 0 aliphatic carbocycles. The summed E-state index contributed by atoms with van der Waals surface area (Å²) in [5.41, 5.74) is 9.41. The molecule has 1 aromatic heterocycles. The van der Waals surface area contributed by atoms with E-state index in [4.69, 9.17) is 14.4 Å². The number of rotatable bonds is 5. The Bertz CT molecular complexity index is 2490. The van der Waals surface area contributed by atoms with Gasteiger partial charge in [0.1, 0.15) is 23.2 Å². The lowest BCUT2D eigenvalue weighted by molar-refractivity contribution is 0.669. The summed E-state index contributed by atoms with van der Waals surface area (Å²) >= 11 is 0. The predicted molar refractivity (Wildman–Crippen MR) is 194 cm³/mol. The van der Waals surface area contributed by atoms with Gasteiger partial charge in [-0.25, -0.2) is 9.98 Å². The number of fused-ring (bicyclic) bond motifs is 4. The van der Waals surface area contributed by atoms with Crippen molar-refractivity contribution >= 4 is 44.4 Å². The highest BCUT2D eigenvalue weighted by molar-refractivity contribution is 6.15. The summed E-state index contributed by atoms with van der Waals surface area (Å²) in [5.74, 6) is 1.49. The van der Waals surface area contributed by atoms with E-state index in [0.29, 0.717) is 5.84 Å². The summed E-state index contributed by atoms with van der Waals surface area (Å²) in [6.07, 6.45) is -0.298. The van der Waals surface area contributed by atoms with Crippen LogP contribution in [0.2, 0.25) is 0 Å². The van der Waals surface area contributed by atoms with E-state index < -0.39 is 0 Å². The Balaban J connectivity index is 1.09. The second kappa shape index (κ2) is 11.3. The van der Waals surface area contributed by atoms with E-state index in [9.17, 15) is 0 Å².